The first-order valence-corrected chi connectivity index (χ1v) is 4.45. The van der Waals surface area contributed by atoms with E-state index in [2.05, 4.69) is 0 Å². The number of carbonyl (C=O) groups is 2. The fourth-order valence-electron chi connectivity index (χ4n) is 1.36. The normalized spacial score (nSPS) is 17.3. The summed E-state index contributed by atoms with van der Waals surface area (Å²) in [6.45, 7) is 2.95. The van der Waals surface area contributed by atoms with Gasteiger partial charge in [0.1, 0.15) is 0 Å². The molecule has 0 aliphatic carbocycles. The van der Waals surface area contributed by atoms with E-state index >= 15 is 0 Å². The van der Waals surface area contributed by atoms with Crippen LogP contribution in [0.15, 0.2) is 0 Å². The quantitative estimate of drug-likeness (QED) is 0.552. The van der Waals surface area contributed by atoms with Crippen molar-refractivity contribution in [3.8, 4) is 0 Å². The molecule has 1 rings (SSSR count). The van der Waals surface area contributed by atoms with Crippen molar-refractivity contribution in [1.29, 1.82) is 0 Å². The number of amides is 2. The van der Waals surface area contributed by atoms with Crippen LogP contribution in [0.1, 0.15) is 6.42 Å². The standard InChI is InChI=1S/C8H15N3O2/c9-2-1-8(13)11-5-3-10(7-12)4-6-11/h7H,1-6,9H2. The van der Waals surface area contributed by atoms with Gasteiger partial charge in [0.2, 0.25) is 12.3 Å². The molecular formula is C8H15N3O2. The Kier molecular flexibility index (Phi) is 3.70. The van der Waals surface area contributed by atoms with E-state index < -0.39 is 0 Å². The van der Waals surface area contributed by atoms with E-state index in [0.717, 1.165) is 6.41 Å². The first-order valence-electron chi connectivity index (χ1n) is 4.45. The number of hydrogen-bond acceptors (Lipinski definition) is 3. The summed E-state index contributed by atoms with van der Waals surface area (Å²) in [6, 6.07) is 0. The van der Waals surface area contributed by atoms with E-state index in [0.29, 0.717) is 39.1 Å². The van der Waals surface area contributed by atoms with Crippen molar-refractivity contribution >= 4 is 12.3 Å². The van der Waals surface area contributed by atoms with Gasteiger partial charge in [0, 0.05) is 39.1 Å². The molecule has 74 valence electrons. The van der Waals surface area contributed by atoms with Crippen molar-refractivity contribution in [3.63, 3.8) is 0 Å². The van der Waals surface area contributed by atoms with Crippen LogP contribution in [-0.4, -0.2) is 54.8 Å². The van der Waals surface area contributed by atoms with Gasteiger partial charge in [-0.2, -0.15) is 0 Å². The lowest BCUT2D eigenvalue weighted by Gasteiger charge is -2.32. The second-order valence-electron chi connectivity index (χ2n) is 3.06. The lowest BCUT2D eigenvalue weighted by molar-refractivity contribution is -0.134. The molecule has 1 heterocycles. The molecule has 0 aromatic heterocycles. The minimum absolute atomic E-state index is 0.0908. The lowest BCUT2D eigenvalue weighted by atomic mass is 10.3. The van der Waals surface area contributed by atoms with E-state index in [4.69, 9.17) is 5.73 Å². The van der Waals surface area contributed by atoms with Crippen molar-refractivity contribution in [2.24, 2.45) is 5.73 Å². The number of carbonyl (C=O) groups excluding carboxylic acids is 2. The van der Waals surface area contributed by atoms with Crippen LogP contribution in [0.3, 0.4) is 0 Å². The summed E-state index contributed by atoms with van der Waals surface area (Å²) in [7, 11) is 0. The molecule has 1 aliphatic rings. The van der Waals surface area contributed by atoms with Gasteiger partial charge in [0.15, 0.2) is 0 Å². The van der Waals surface area contributed by atoms with E-state index in [1.54, 1.807) is 9.80 Å². The fourth-order valence-corrected chi connectivity index (χ4v) is 1.36. The fraction of sp³-hybridized carbons (Fsp3) is 0.750. The Bertz CT molecular complexity index is 188. The molecule has 0 atom stereocenters. The van der Waals surface area contributed by atoms with Gasteiger partial charge in [-0.25, -0.2) is 0 Å². The smallest absolute Gasteiger partial charge is 0.223 e. The van der Waals surface area contributed by atoms with Crippen molar-refractivity contribution in [2.45, 2.75) is 6.42 Å². The van der Waals surface area contributed by atoms with E-state index in [9.17, 15) is 9.59 Å². The molecule has 0 radical (unpaired) electrons. The highest BCUT2D eigenvalue weighted by Crippen LogP contribution is 2.01. The van der Waals surface area contributed by atoms with E-state index in [1.165, 1.54) is 0 Å². The Morgan fingerprint density at radius 3 is 2.38 bits per heavy atom. The van der Waals surface area contributed by atoms with Crippen LogP contribution < -0.4 is 5.73 Å². The zero-order valence-electron chi connectivity index (χ0n) is 7.61. The molecule has 0 aromatic carbocycles. The maximum absolute atomic E-state index is 11.3. The Balaban J connectivity index is 2.31. The largest absolute Gasteiger partial charge is 0.342 e. The molecule has 0 unspecified atom stereocenters. The SMILES string of the molecule is NCCC(=O)N1CCN(C=O)CC1. The van der Waals surface area contributed by atoms with E-state index in [-0.39, 0.29) is 5.91 Å². The van der Waals surface area contributed by atoms with Gasteiger partial charge < -0.3 is 15.5 Å². The monoisotopic (exact) mass is 185 g/mol. The topological polar surface area (TPSA) is 66.6 Å². The zero-order valence-corrected chi connectivity index (χ0v) is 7.61. The summed E-state index contributed by atoms with van der Waals surface area (Å²) in [4.78, 5) is 25.1. The van der Waals surface area contributed by atoms with Crippen molar-refractivity contribution in [3.05, 3.63) is 0 Å². The number of piperazine rings is 1. The summed E-state index contributed by atoms with van der Waals surface area (Å²) < 4.78 is 0. The molecule has 1 saturated heterocycles. The molecule has 2 N–H and O–H groups in total. The number of hydrogen-bond donors (Lipinski definition) is 1. The first kappa shape index (κ1) is 9.98. The molecule has 1 aliphatic heterocycles. The predicted octanol–water partition coefficient (Wildman–Crippen LogP) is -1.36. The molecule has 5 heteroatoms. The second kappa shape index (κ2) is 4.81. The van der Waals surface area contributed by atoms with Crippen LogP contribution in [-0.2, 0) is 9.59 Å². The van der Waals surface area contributed by atoms with Crippen molar-refractivity contribution in [1.82, 2.24) is 9.80 Å². The zero-order chi connectivity index (χ0) is 9.68. The Morgan fingerprint density at radius 2 is 1.92 bits per heavy atom. The first-order chi connectivity index (χ1) is 6.27. The highest BCUT2D eigenvalue weighted by Gasteiger charge is 2.18. The summed E-state index contributed by atoms with van der Waals surface area (Å²) in [6.07, 6.45) is 1.23. The molecular weight excluding hydrogens is 170 g/mol. The molecule has 5 nitrogen and oxygen atoms in total. The molecule has 1 fully saturated rings. The highest BCUT2D eigenvalue weighted by molar-refractivity contribution is 5.76. The van der Waals surface area contributed by atoms with Gasteiger partial charge in [-0.05, 0) is 0 Å². The maximum atomic E-state index is 11.3. The van der Waals surface area contributed by atoms with Crippen LogP contribution in [0.4, 0.5) is 0 Å². The summed E-state index contributed by atoms with van der Waals surface area (Å²) in [5, 5.41) is 0. The van der Waals surface area contributed by atoms with Gasteiger partial charge in [-0.15, -0.1) is 0 Å². The van der Waals surface area contributed by atoms with Gasteiger partial charge >= 0.3 is 0 Å². The van der Waals surface area contributed by atoms with Gasteiger partial charge in [-0.3, -0.25) is 9.59 Å². The summed E-state index contributed by atoms with van der Waals surface area (Å²) >= 11 is 0. The highest BCUT2D eigenvalue weighted by atomic mass is 16.2. The van der Waals surface area contributed by atoms with Gasteiger partial charge in [0.25, 0.3) is 0 Å². The maximum Gasteiger partial charge on any atom is 0.223 e. The Labute approximate surface area is 77.5 Å². The average molecular weight is 185 g/mol. The summed E-state index contributed by atoms with van der Waals surface area (Å²) in [5.74, 6) is 0.0908. The van der Waals surface area contributed by atoms with Crippen LogP contribution in [0.25, 0.3) is 0 Å². The van der Waals surface area contributed by atoms with Crippen molar-refractivity contribution in [2.75, 3.05) is 32.7 Å². The van der Waals surface area contributed by atoms with Gasteiger partial charge in [0.05, 0.1) is 0 Å². The molecule has 2 amide bonds. The summed E-state index contributed by atoms with van der Waals surface area (Å²) in [5.41, 5.74) is 5.28. The predicted molar refractivity (Wildman–Crippen MR) is 47.9 cm³/mol. The number of rotatable bonds is 3. The van der Waals surface area contributed by atoms with Crippen molar-refractivity contribution < 1.29 is 9.59 Å². The van der Waals surface area contributed by atoms with Crippen LogP contribution >= 0.6 is 0 Å². The third kappa shape index (κ3) is 2.69. The minimum atomic E-state index is 0.0908. The number of nitrogens with zero attached hydrogens (tertiary/aromatic N) is 2. The average Bonchev–Trinajstić information content (AvgIpc) is 2.18. The third-order valence-electron chi connectivity index (χ3n) is 2.17. The number of nitrogens with two attached hydrogens (primary N) is 1. The third-order valence-corrected chi connectivity index (χ3v) is 2.17. The molecule has 0 aromatic rings. The second-order valence-corrected chi connectivity index (χ2v) is 3.06. The Hall–Kier alpha value is -1.10. The van der Waals surface area contributed by atoms with Crippen LogP contribution in [0.5, 0.6) is 0 Å². The molecule has 13 heavy (non-hydrogen) atoms. The van der Waals surface area contributed by atoms with Crippen LogP contribution in [0.2, 0.25) is 0 Å². The van der Waals surface area contributed by atoms with Gasteiger partial charge in [-0.1, -0.05) is 0 Å². The lowest BCUT2D eigenvalue weighted by Crippen LogP contribution is -2.48. The molecule has 0 spiro atoms. The minimum Gasteiger partial charge on any atom is -0.342 e. The van der Waals surface area contributed by atoms with E-state index in [1.807, 2.05) is 0 Å². The van der Waals surface area contributed by atoms with Crippen LogP contribution in [0, 0.1) is 0 Å². The molecule has 0 saturated carbocycles. The molecule has 0 bridgehead atoms. The Morgan fingerprint density at radius 1 is 1.31 bits per heavy atom.